The molecule has 0 aliphatic carbocycles. The maximum Gasteiger partial charge on any atom is 0.429 e. The van der Waals surface area contributed by atoms with Gasteiger partial charge in [0.05, 0.1) is 55.9 Å². The van der Waals surface area contributed by atoms with Gasteiger partial charge in [-0.25, -0.2) is 24.8 Å². The number of aliphatic hydroxyl groups is 2. The second-order valence-electron chi connectivity index (χ2n) is 16.3. The Bertz CT molecular complexity index is 1140. The first-order valence-corrected chi connectivity index (χ1v) is 22.6. The Kier molecular flexibility index (Phi) is 24.1. The Hall–Kier alpha value is -2.41. The van der Waals surface area contributed by atoms with Gasteiger partial charge in [0.2, 0.25) is 0 Å². The number of unbranched alkanes of at least 4 members (excludes halogenated alkanes) is 13. The number of cyclic esters (lactones) is 1. The lowest BCUT2D eigenvalue weighted by atomic mass is 9.98. The van der Waals surface area contributed by atoms with Crippen LogP contribution in [0, 0.1) is 0 Å². The lowest BCUT2D eigenvalue weighted by Gasteiger charge is -2.31. The van der Waals surface area contributed by atoms with Gasteiger partial charge in [-0.1, -0.05) is 96.8 Å². The molecule has 3 aliphatic rings. The summed E-state index contributed by atoms with van der Waals surface area (Å²) < 4.78 is 28.2. The van der Waals surface area contributed by atoms with Gasteiger partial charge in [0.25, 0.3) is 0 Å². The van der Waals surface area contributed by atoms with Gasteiger partial charge in [0.15, 0.2) is 0 Å². The van der Waals surface area contributed by atoms with Crippen LogP contribution >= 0.6 is 0 Å². The summed E-state index contributed by atoms with van der Waals surface area (Å²) in [6.45, 7) is 7.91. The summed E-state index contributed by atoms with van der Waals surface area (Å²) in [6.07, 6.45) is 23.4. The summed E-state index contributed by atoms with van der Waals surface area (Å²) >= 11 is 0. The Labute approximate surface area is 338 Å². The van der Waals surface area contributed by atoms with Crippen LogP contribution in [-0.4, -0.2) is 95.4 Å². The van der Waals surface area contributed by atoms with Crippen LogP contribution in [0.1, 0.15) is 188 Å². The predicted octanol–water partition coefficient (Wildman–Crippen LogP) is 9.38. The van der Waals surface area contributed by atoms with Gasteiger partial charge in [-0.05, 0) is 97.5 Å². The van der Waals surface area contributed by atoms with Crippen molar-refractivity contribution in [1.29, 1.82) is 0 Å². The quantitative estimate of drug-likeness (QED) is 0.0289. The molecule has 3 heterocycles. The molecule has 324 valence electrons. The number of nitrogens with one attached hydrogen (secondary N) is 1. The normalized spacial score (nSPS) is 23.7. The summed E-state index contributed by atoms with van der Waals surface area (Å²) in [4.78, 5) is 36.9. The molecule has 8 atom stereocenters. The zero-order valence-corrected chi connectivity index (χ0v) is 35.4. The van der Waals surface area contributed by atoms with Crippen LogP contribution in [0.5, 0.6) is 0 Å². The van der Waals surface area contributed by atoms with Gasteiger partial charge in [-0.2, -0.15) is 0 Å². The molecule has 56 heavy (non-hydrogen) atoms. The van der Waals surface area contributed by atoms with Crippen molar-refractivity contribution in [3.05, 3.63) is 11.6 Å². The monoisotopic (exact) mass is 795 g/mol. The average Bonchev–Trinajstić information content (AvgIpc) is 3.94. The van der Waals surface area contributed by atoms with Gasteiger partial charge in [0, 0.05) is 5.57 Å². The number of carbonyl (C=O) groups excluding carboxylic acids is 3. The number of esters is 1. The van der Waals surface area contributed by atoms with Crippen LogP contribution in [0.3, 0.4) is 0 Å². The first kappa shape index (κ1) is 48.0. The van der Waals surface area contributed by atoms with Crippen molar-refractivity contribution in [2.24, 2.45) is 0 Å². The van der Waals surface area contributed by atoms with Crippen molar-refractivity contribution < 1.29 is 48.3 Å². The van der Waals surface area contributed by atoms with Crippen molar-refractivity contribution in [3.8, 4) is 0 Å². The molecule has 3 N–H and O–H groups in total. The number of rotatable bonds is 29. The average molecular weight is 795 g/mol. The molecule has 0 unspecified atom stereocenters. The molecule has 3 aliphatic heterocycles. The van der Waals surface area contributed by atoms with Crippen LogP contribution in [0.15, 0.2) is 11.6 Å². The minimum atomic E-state index is -0.689. The fourth-order valence-electron chi connectivity index (χ4n) is 8.45. The number of hydrogen-bond donors (Lipinski definition) is 3. The summed E-state index contributed by atoms with van der Waals surface area (Å²) in [5.74, 6) is -0.136. The van der Waals surface area contributed by atoms with E-state index in [1.54, 1.807) is 13.8 Å². The second kappa shape index (κ2) is 28.1. The third-order valence-corrected chi connectivity index (χ3v) is 11.6. The number of nitrogens with zero attached hydrogens (tertiary/aromatic N) is 1. The highest BCUT2D eigenvalue weighted by Crippen LogP contribution is 2.35. The highest BCUT2D eigenvalue weighted by molar-refractivity contribution is 5.90. The molecule has 3 rings (SSSR count). The number of hydrogen-bond acceptors (Lipinski definition) is 10. The van der Waals surface area contributed by atoms with Gasteiger partial charge >= 0.3 is 18.2 Å². The van der Waals surface area contributed by atoms with Crippen molar-refractivity contribution in [2.75, 3.05) is 13.2 Å². The lowest BCUT2D eigenvalue weighted by molar-refractivity contribution is -0.139. The van der Waals surface area contributed by atoms with Gasteiger partial charge in [-0.3, -0.25) is 0 Å². The molecule has 2 saturated heterocycles. The summed E-state index contributed by atoms with van der Waals surface area (Å²) in [5, 5.41) is 23.3. The van der Waals surface area contributed by atoms with Gasteiger partial charge in [0.1, 0.15) is 6.10 Å². The summed E-state index contributed by atoms with van der Waals surface area (Å²) in [5.41, 5.74) is 3.45. The van der Waals surface area contributed by atoms with E-state index in [0.29, 0.717) is 25.7 Å². The van der Waals surface area contributed by atoms with E-state index < -0.39 is 24.4 Å². The zero-order chi connectivity index (χ0) is 40.5. The number of aliphatic hydroxyl groups excluding tert-OH is 2. The fourth-order valence-corrected chi connectivity index (χ4v) is 8.45. The molecular formula is C44H78N2O10. The molecule has 12 nitrogen and oxygen atoms in total. The van der Waals surface area contributed by atoms with Crippen LogP contribution in [-0.2, 0) is 28.5 Å². The second-order valence-corrected chi connectivity index (χ2v) is 16.3. The highest BCUT2D eigenvalue weighted by Gasteiger charge is 2.41. The van der Waals surface area contributed by atoms with Gasteiger partial charge < -0.3 is 33.9 Å². The highest BCUT2D eigenvalue weighted by atomic mass is 16.6. The van der Waals surface area contributed by atoms with Crippen LogP contribution < -0.4 is 5.43 Å². The Balaban J connectivity index is 1.28. The van der Waals surface area contributed by atoms with Crippen molar-refractivity contribution in [3.63, 3.8) is 0 Å². The molecule has 2 fully saturated rings. The van der Waals surface area contributed by atoms with Crippen molar-refractivity contribution >= 4 is 18.2 Å². The SMILES string of the molecule is CCCCCCC[C@H](CCC[C@H](O)[C@H]1CC[C@H]([C@H]2CC[C@H]([C@@H](O)CCCCCCCCCCCCC3=C[C@H](C)OC3=O)O2)O1)N(NC(=O)OCC)C(=O)OCC. The molecule has 0 spiro atoms. The van der Waals surface area contributed by atoms with Crippen LogP contribution in [0.25, 0.3) is 0 Å². The Morgan fingerprint density at radius 1 is 0.714 bits per heavy atom. The molecule has 0 radical (unpaired) electrons. The summed E-state index contributed by atoms with van der Waals surface area (Å²) in [6, 6.07) is -0.286. The molecule has 0 aromatic heterocycles. The van der Waals surface area contributed by atoms with E-state index in [1.165, 1.54) is 50.0 Å². The van der Waals surface area contributed by atoms with E-state index in [9.17, 15) is 24.6 Å². The maximum atomic E-state index is 12.9. The van der Waals surface area contributed by atoms with Crippen LogP contribution in [0.4, 0.5) is 9.59 Å². The molecule has 0 bridgehead atoms. The third-order valence-electron chi connectivity index (χ3n) is 11.6. The lowest BCUT2D eigenvalue weighted by Crippen LogP contribution is -2.52. The Morgan fingerprint density at radius 2 is 1.21 bits per heavy atom. The molecule has 0 aromatic rings. The van der Waals surface area contributed by atoms with Crippen molar-refractivity contribution in [2.45, 2.75) is 237 Å². The van der Waals surface area contributed by atoms with Crippen molar-refractivity contribution in [1.82, 2.24) is 10.4 Å². The first-order chi connectivity index (χ1) is 27.2. The number of carbonyl (C=O) groups is 3. The van der Waals surface area contributed by atoms with E-state index >= 15 is 0 Å². The predicted molar refractivity (Wildman–Crippen MR) is 217 cm³/mol. The largest absolute Gasteiger partial charge is 0.455 e. The summed E-state index contributed by atoms with van der Waals surface area (Å²) in [7, 11) is 0. The molecule has 0 saturated carbocycles. The zero-order valence-electron chi connectivity index (χ0n) is 35.4. The number of amides is 2. The van der Waals surface area contributed by atoms with E-state index in [1.807, 2.05) is 13.0 Å². The number of ether oxygens (including phenoxy) is 5. The van der Waals surface area contributed by atoms with E-state index in [0.717, 1.165) is 95.5 Å². The first-order valence-electron chi connectivity index (χ1n) is 22.6. The van der Waals surface area contributed by atoms with Crippen LogP contribution in [0.2, 0.25) is 0 Å². The smallest absolute Gasteiger partial charge is 0.429 e. The molecule has 12 heteroatoms. The van der Waals surface area contributed by atoms with E-state index in [4.69, 9.17) is 23.7 Å². The fraction of sp³-hybridized carbons (Fsp3) is 0.886. The van der Waals surface area contributed by atoms with Gasteiger partial charge in [-0.15, -0.1) is 0 Å². The minimum Gasteiger partial charge on any atom is -0.455 e. The Morgan fingerprint density at radius 3 is 1.75 bits per heavy atom. The van der Waals surface area contributed by atoms with E-state index in [-0.39, 0.29) is 55.7 Å². The number of hydrazine groups is 1. The standard InChI is InChI=1S/C44H78N2O10/c1-5-8-9-16-20-24-35(46(44(51)53-7-3)45-43(50)52-6-2)25-22-27-37(48)39-29-31-41(56-39)40-30-28-38(55-40)36(47)26-21-18-15-13-11-10-12-14-17-19-23-34-32-33(4)54-42(34)49/h32-33,35-41,47-48H,5-31H2,1-4H3,(H,45,50)/t33-,35+,36-,37-,38+,39+,40+,41+/m0/s1. The minimum absolute atomic E-state index is 0.0592. The molecular weight excluding hydrogens is 716 g/mol. The third kappa shape index (κ3) is 18.0. The topological polar surface area (TPSA) is 153 Å². The van der Waals surface area contributed by atoms with E-state index in [2.05, 4.69) is 12.3 Å². The molecule has 0 aromatic carbocycles. The maximum absolute atomic E-state index is 12.9. The molecule has 2 amide bonds.